The van der Waals surface area contributed by atoms with Gasteiger partial charge in [0.25, 0.3) is 0 Å². The molecule has 20 heavy (non-hydrogen) atoms. The molecule has 1 saturated heterocycles. The SMILES string of the molecule is COC(=O)CC1CN(CCc2ccccc2F)CCO1. The first kappa shape index (κ1) is 14.9. The van der Waals surface area contributed by atoms with Crippen LogP contribution >= 0.6 is 0 Å². The van der Waals surface area contributed by atoms with Crippen molar-refractivity contribution in [2.75, 3.05) is 33.4 Å². The second-order valence-electron chi connectivity index (χ2n) is 4.92. The number of morpholine rings is 1. The summed E-state index contributed by atoms with van der Waals surface area (Å²) in [5.74, 6) is -0.419. The van der Waals surface area contributed by atoms with Crippen LogP contribution in [0.1, 0.15) is 12.0 Å². The van der Waals surface area contributed by atoms with Crippen LogP contribution in [0.4, 0.5) is 4.39 Å². The van der Waals surface area contributed by atoms with Crippen molar-refractivity contribution < 1.29 is 18.7 Å². The first-order chi connectivity index (χ1) is 9.69. The zero-order valence-electron chi connectivity index (χ0n) is 11.7. The van der Waals surface area contributed by atoms with E-state index in [0.29, 0.717) is 19.6 Å². The molecule has 0 N–H and O–H groups in total. The summed E-state index contributed by atoms with van der Waals surface area (Å²) in [5.41, 5.74) is 0.725. The third-order valence-corrected chi connectivity index (χ3v) is 3.50. The normalized spacial score (nSPS) is 19.8. The molecule has 0 aliphatic carbocycles. The lowest BCUT2D eigenvalue weighted by atomic mass is 10.1. The molecule has 1 unspecified atom stereocenters. The van der Waals surface area contributed by atoms with E-state index in [1.807, 2.05) is 12.1 Å². The summed E-state index contributed by atoms with van der Waals surface area (Å²) in [6.07, 6.45) is 0.807. The molecule has 4 nitrogen and oxygen atoms in total. The van der Waals surface area contributed by atoms with Gasteiger partial charge in [0.1, 0.15) is 5.82 Å². The molecule has 1 atom stereocenters. The molecule has 1 fully saturated rings. The van der Waals surface area contributed by atoms with Gasteiger partial charge in [0, 0.05) is 19.6 Å². The van der Waals surface area contributed by atoms with Gasteiger partial charge in [-0.3, -0.25) is 9.69 Å². The first-order valence-corrected chi connectivity index (χ1v) is 6.83. The summed E-state index contributed by atoms with van der Waals surface area (Å²) < 4.78 is 23.7. The van der Waals surface area contributed by atoms with Gasteiger partial charge >= 0.3 is 5.97 Å². The number of methoxy groups -OCH3 is 1. The fourth-order valence-electron chi connectivity index (χ4n) is 2.36. The standard InChI is InChI=1S/C15H20FNO3/c1-19-15(18)10-13-11-17(8-9-20-13)7-6-12-4-2-3-5-14(12)16/h2-5,13H,6-11H2,1H3. The van der Waals surface area contributed by atoms with E-state index in [-0.39, 0.29) is 24.3 Å². The molecular formula is C15H20FNO3. The third-order valence-electron chi connectivity index (χ3n) is 3.50. The van der Waals surface area contributed by atoms with Gasteiger partial charge in [0.2, 0.25) is 0 Å². The van der Waals surface area contributed by atoms with Gasteiger partial charge in [-0.15, -0.1) is 0 Å². The highest BCUT2D eigenvalue weighted by atomic mass is 19.1. The van der Waals surface area contributed by atoms with E-state index < -0.39 is 0 Å². The van der Waals surface area contributed by atoms with E-state index in [1.165, 1.54) is 13.2 Å². The number of hydrogen-bond donors (Lipinski definition) is 0. The Morgan fingerprint density at radius 3 is 3.05 bits per heavy atom. The van der Waals surface area contributed by atoms with Crippen molar-refractivity contribution in [1.29, 1.82) is 0 Å². The third kappa shape index (κ3) is 4.28. The van der Waals surface area contributed by atoms with E-state index >= 15 is 0 Å². The molecule has 0 saturated carbocycles. The minimum absolute atomic E-state index is 0.128. The Kier molecular flexibility index (Phi) is 5.49. The number of ether oxygens (including phenoxy) is 2. The molecule has 0 radical (unpaired) electrons. The summed E-state index contributed by atoms with van der Waals surface area (Å²) in [6.45, 7) is 2.86. The van der Waals surface area contributed by atoms with Gasteiger partial charge in [0.05, 0.1) is 26.2 Å². The summed E-state index contributed by atoms with van der Waals surface area (Å²) in [4.78, 5) is 13.4. The van der Waals surface area contributed by atoms with Crippen molar-refractivity contribution in [3.05, 3.63) is 35.6 Å². The summed E-state index contributed by atoms with van der Waals surface area (Å²) >= 11 is 0. The molecule has 0 bridgehead atoms. The van der Waals surface area contributed by atoms with E-state index in [9.17, 15) is 9.18 Å². The lowest BCUT2D eigenvalue weighted by molar-refractivity contribution is -0.145. The molecule has 0 aromatic heterocycles. The Hall–Kier alpha value is -1.46. The molecule has 110 valence electrons. The summed E-state index contributed by atoms with van der Waals surface area (Å²) in [6, 6.07) is 6.83. The topological polar surface area (TPSA) is 38.8 Å². The van der Waals surface area contributed by atoms with Crippen LogP contribution in [-0.4, -0.2) is 50.3 Å². The number of carbonyl (C=O) groups is 1. The molecule has 0 amide bonds. The molecule has 1 aliphatic rings. The number of halogens is 1. The molecule has 5 heteroatoms. The quantitative estimate of drug-likeness (QED) is 0.769. The lowest BCUT2D eigenvalue weighted by Gasteiger charge is -2.32. The van der Waals surface area contributed by atoms with Gasteiger partial charge < -0.3 is 9.47 Å². The van der Waals surface area contributed by atoms with Crippen molar-refractivity contribution in [3.63, 3.8) is 0 Å². The van der Waals surface area contributed by atoms with Gasteiger partial charge in [-0.2, -0.15) is 0 Å². The lowest BCUT2D eigenvalue weighted by Crippen LogP contribution is -2.44. The minimum atomic E-state index is -0.258. The van der Waals surface area contributed by atoms with Gasteiger partial charge in [0.15, 0.2) is 0 Å². The Bertz CT molecular complexity index is 452. The van der Waals surface area contributed by atoms with Crippen LogP contribution < -0.4 is 0 Å². The minimum Gasteiger partial charge on any atom is -0.469 e. The molecule has 1 aromatic rings. The van der Waals surface area contributed by atoms with Crippen LogP contribution in [-0.2, 0) is 20.7 Å². The van der Waals surface area contributed by atoms with Crippen molar-refractivity contribution in [3.8, 4) is 0 Å². The zero-order valence-corrected chi connectivity index (χ0v) is 11.7. The number of rotatable bonds is 5. The van der Waals surface area contributed by atoms with Crippen LogP contribution in [0.2, 0.25) is 0 Å². The maximum absolute atomic E-state index is 13.5. The predicted octanol–water partition coefficient (Wildman–Crippen LogP) is 1.63. The highest BCUT2D eigenvalue weighted by Gasteiger charge is 2.23. The molecule has 2 rings (SSSR count). The smallest absolute Gasteiger partial charge is 0.308 e. The molecule has 1 heterocycles. The fraction of sp³-hybridized carbons (Fsp3) is 0.533. The van der Waals surface area contributed by atoms with Crippen molar-refractivity contribution in [1.82, 2.24) is 4.90 Å². The largest absolute Gasteiger partial charge is 0.469 e. The first-order valence-electron chi connectivity index (χ1n) is 6.83. The highest BCUT2D eigenvalue weighted by Crippen LogP contribution is 2.12. The van der Waals surface area contributed by atoms with E-state index in [2.05, 4.69) is 9.64 Å². The van der Waals surface area contributed by atoms with E-state index in [1.54, 1.807) is 6.07 Å². The van der Waals surface area contributed by atoms with Crippen molar-refractivity contribution >= 4 is 5.97 Å². The molecule has 0 spiro atoms. The predicted molar refractivity (Wildman–Crippen MR) is 72.9 cm³/mol. The van der Waals surface area contributed by atoms with Crippen LogP contribution in [0.3, 0.4) is 0 Å². The molecule has 1 aliphatic heterocycles. The zero-order chi connectivity index (χ0) is 14.4. The monoisotopic (exact) mass is 281 g/mol. The van der Waals surface area contributed by atoms with Crippen LogP contribution in [0.25, 0.3) is 0 Å². The number of esters is 1. The molecule has 1 aromatic carbocycles. The second-order valence-corrected chi connectivity index (χ2v) is 4.92. The maximum atomic E-state index is 13.5. The van der Waals surface area contributed by atoms with Crippen LogP contribution in [0.15, 0.2) is 24.3 Å². The maximum Gasteiger partial charge on any atom is 0.308 e. The van der Waals surface area contributed by atoms with Crippen LogP contribution in [0, 0.1) is 5.82 Å². The summed E-state index contributed by atoms with van der Waals surface area (Å²) in [5, 5.41) is 0. The average molecular weight is 281 g/mol. The Labute approximate surface area is 118 Å². The van der Waals surface area contributed by atoms with Crippen LogP contribution in [0.5, 0.6) is 0 Å². The Morgan fingerprint density at radius 1 is 1.50 bits per heavy atom. The van der Waals surface area contributed by atoms with Crippen molar-refractivity contribution in [2.45, 2.75) is 18.9 Å². The second kappa shape index (κ2) is 7.36. The van der Waals surface area contributed by atoms with Gasteiger partial charge in [-0.05, 0) is 18.1 Å². The number of carbonyl (C=O) groups excluding carboxylic acids is 1. The fourth-order valence-corrected chi connectivity index (χ4v) is 2.36. The van der Waals surface area contributed by atoms with E-state index in [0.717, 1.165) is 18.7 Å². The Balaban J connectivity index is 1.81. The summed E-state index contributed by atoms with van der Waals surface area (Å²) in [7, 11) is 1.38. The van der Waals surface area contributed by atoms with Gasteiger partial charge in [-0.1, -0.05) is 18.2 Å². The number of nitrogens with zero attached hydrogens (tertiary/aromatic N) is 1. The van der Waals surface area contributed by atoms with E-state index in [4.69, 9.17) is 4.74 Å². The number of hydrogen-bond acceptors (Lipinski definition) is 4. The number of benzene rings is 1. The highest BCUT2D eigenvalue weighted by molar-refractivity contribution is 5.69. The van der Waals surface area contributed by atoms with Gasteiger partial charge in [-0.25, -0.2) is 4.39 Å². The molecular weight excluding hydrogens is 261 g/mol. The van der Waals surface area contributed by atoms with Crippen molar-refractivity contribution in [2.24, 2.45) is 0 Å². The Morgan fingerprint density at radius 2 is 2.30 bits per heavy atom. The average Bonchev–Trinajstić information content (AvgIpc) is 2.47.